The van der Waals surface area contributed by atoms with E-state index in [1.54, 1.807) is 13.0 Å². The first-order valence-corrected chi connectivity index (χ1v) is 8.05. The summed E-state index contributed by atoms with van der Waals surface area (Å²) in [6.45, 7) is 3.78. The lowest BCUT2D eigenvalue weighted by Crippen LogP contribution is -2.37. The highest BCUT2D eigenvalue weighted by Crippen LogP contribution is 2.23. The molecule has 0 aliphatic heterocycles. The molecule has 25 heavy (non-hydrogen) atoms. The fraction of sp³-hybridized carbons (Fsp3) is 0.263. The third kappa shape index (κ3) is 4.16. The van der Waals surface area contributed by atoms with Gasteiger partial charge in [0, 0.05) is 0 Å². The highest BCUT2D eigenvalue weighted by molar-refractivity contribution is 5.73. The molecule has 2 aromatic carbocycles. The number of aliphatic hydroxyl groups is 1. The van der Waals surface area contributed by atoms with E-state index in [-0.39, 0.29) is 12.5 Å². The molecule has 1 amide bonds. The molecule has 1 aromatic heterocycles. The number of carbonyl (C=O) groups is 1. The molecular formula is C19H20N2O4. The van der Waals surface area contributed by atoms with Gasteiger partial charge >= 0.3 is 6.09 Å². The minimum Gasteiger partial charge on any atom is -0.445 e. The molecule has 130 valence electrons. The highest BCUT2D eigenvalue weighted by Gasteiger charge is 2.24. The number of oxazole rings is 1. The SMILES string of the molecule is Cc1ccc2oc(C(O)[C@H](C)NC(=O)OCc3ccccc3)nc2c1. The number of aliphatic hydroxyl groups excluding tert-OH is 1. The summed E-state index contributed by atoms with van der Waals surface area (Å²) >= 11 is 0. The fourth-order valence-corrected chi connectivity index (χ4v) is 2.43. The number of hydrogen-bond acceptors (Lipinski definition) is 5. The number of nitrogens with zero attached hydrogens (tertiary/aromatic N) is 1. The van der Waals surface area contributed by atoms with Gasteiger partial charge in [-0.3, -0.25) is 0 Å². The maximum atomic E-state index is 11.9. The lowest BCUT2D eigenvalue weighted by atomic mass is 10.2. The minimum absolute atomic E-state index is 0.163. The third-order valence-electron chi connectivity index (χ3n) is 3.84. The van der Waals surface area contributed by atoms with Crippen LogP contribution in [0.15, 0.2) is 52.9 Å². The van der Waals surface area contributed by atoms with Crippen molar-refractivity contribution >= 4 is 17.2 Å². The zero-order chi connectivity index (χ0) is 17.8. The Morgan fingerprint density at radius 3 is 2.80 bits per heavy atom. The number of alkyl carbamates (subject to hydrolysis) is 1. The van der Waals surface area contributed by atoms with Crippen molar-refractivity contribution in [1.29, 1.82) is 0 Å². The maximum Gasteiger partial charge on any atom is 0.407 e. The lowest BCUT2D eigenvalue weighted by molar-refractivity contribution is 0.0919. The predicted octanol–water partition coefficient (Wildman–Crippen LogP) is 3.48. The highest BCUT2D eigenvalue weighted by atomic mass is 16.5. The van der Waals surface area contributed by atoms with Gasteiger partial charge in [0.05, 0.1) is 6.04 Å². The van der Waals surface area contributed by atoms with E-state index in [4.69, 9.17) is 9.15 Å². The Balaban J connectivity index is 1.59. The summed E-state index contributed by atoms with van der Waals surface area (Å²) in [5, 5.41) is 13.0. The van der Waals surface area contributed by atoms with E-state index in [2.05, 4.69) is 10.3 Å². The van der Waals surface area contributed by atoms with Crippen molar-refractivity contribution in [1.82, 2.24) is 10.3 Å². The largest absolute Gasteiger partial charge is 0.445 e. The summed E-state index contributed by atoms with van der Waals surface area (Å²) in [6.07, 6.45) is -1.68. The van der Waals surface area contributed by atoms with Gasteiger partial charge in [0.15, 0.2) is 5.58 Å². The number of benzene rings is 2. The maximum absolute atomic E-state index is 11.9. The number of amides is 1. The predicted molar refractivity (Wildman–Crippen MR) is 92.9 cm³/mol. The molecule has 1 heterocycles. The normalized spacial score (nSPS) is 13.4. The van der Waals surface area contributed by atoms with Crippen LogP contribution < -0.4 is 5.32 Å². The van der Waals surface area contributed by atoms with Crippen LogP contribution in [0, 0.1) is 6.92 Å². The first-order valence-electron chi connectivity index (χ1n) is 8.05. The first-order chi connectivity index (χ1) is 12.0. The summed E-state index contributed by atoms with van der Waals surface area (Å²) < 4.78 is 10.7. The van der Waals surface area contributed by atoms with Crippen molar-refractivity contribution in [2.45, 2.75) is 32.6 Å². The number of rotatable bonds is 5. The van der Waals surface area contributed by atoms with Gasteiger partial charge in [0.1, 0.15) is 18.2 Å². The summed E-state index contributed by atoms with van der Waals surface area (Å²) in [4.78, 5) is 16.2. The van der Waals surface area contributed by atoms with Crippen LogP contribution in [0.25, 0.3) is 11.1 Å². The average molecular weight is 340 g/mol. The monoisotopic (exact) mass is 340 g/mol. The molecule has 0 saturated heterocycles. The summed E-state index contributed by atoms with van der Waals surface area (Å²) in [5.74, 6) is 0.163. The van der Waals surface area contributed by atoms with Crippen LogP contribution in [-0.4, -0.2) is 22.2 Å². The van der Waals surface area contributed by atoms with Gasteiger partial charge in [0.25, 0.3) is 0 Å². The second-order valence-corrected chi connectivity index (χ2v) is 5.96. The van der Waals surface area contributed by atoms with Crippen molar-refractivity contribution in [3.63, 3.8) is 0 Å². The van der Waals surface area contributed by atoms with Gasteiger partial charge in [-0.05, 0) is 37.1 Å². The van der Waals surface area contributed by atoms with Crippen molar-refractivity contribution in [3.8, 4) is 0 Å². The van der Waals surface area contributed by atoms with E-state index in [1.165, 1.54) is 0 Å². The van der Waals surface area contributed by atoms with Crippen LogP contribution >= 0.6 is 0 Å². The van der Waals surface area contributed by atoms with E-state index < -0.39 is 18.2 Å². The number of nitrogens with one attached hydrogen (secondary N) is 1. The Bertz CT molecular complexity index is 860. The number of carbonyl (C=O) groups excluding carboxylic acids is 1. The number of aryl methyl sites for hydroxylation is 1. The van der Waals surface area contributed by atoms with Gasteiger partial charge in [-0.25, -0.2) is 9.78 Å². The van der Waals surface area contributed by atoms with E-state index in [0.29, 0.717) is 11.1 Å². The molecule has 0 aliphatic rings. The quantitative estimate of drug-likeness (QED) is 0.743. The molecule has 2 atom stereocenters. The molecular weight excluding hydrogens is 320 g/mol. The number of hydrogen-bond donors (Lipinski definition) is 2. The van der Waals surface area contributed by atoms with E-state index in [0.717, 1.165) is 11.1 Å². The Morgan fingerprint density at radius 1 is 1.28 bits per heavy atom. The van der Waals surface area contributed by atoms with Gasteiger partial charge in [-0.15, -0.1) is 0 Å². The standard InChI is InChI=1S/C19H20N2O4/c1-12-8-9-16-15(10-12)21-18(25-16)17(22)13(2)20-19(23)24-11-14-6-4-3-5-7-14/h3-10,13,17,22H,11H2,1-2H3,(H,20,23)/t13-,17?/m0/s1. The van der Waals surface area contributed by atoms with Crippen molar-refractivity contribution in [2.75, 3.05) is 0 Å². The van der Waals surface area contributed by atoms with Crippen LogP contribution in [0.4, 0.5) is 4.79 Å². The third-order valence-corrected chi connectivity index (χ3v) is 3.84. The van der Waals surface area contributed by atoms with Crippen LogP contribution in [0.2, 0.25) is 0 Å². The number of ether oxygens (including phenoxy) is 1. The van der Waals surface area contributed by atoms with Crippen LogP contribution in [0.3, 0.4) is 0 Å². The van der Waals surface area contributed by atoms with Gasteiger partial charge in [-0.1, -0.05) is 36.4 Å². The zero-order valence-corrected chi connectivity index (χ0v) is 14.1. The smallest absolute Gasteiger partial charge is 0.407 e. The molecule has 0 saturated carbocycles. The number of fused-ring (bicyclic) bond motifs is 1. The van der Waals surface area contributed by atoms with Crippen LogP contribution in [0.1, 0.15) is 30.0 Å². The van der Waals surface area contributed by atoms with Crippen molar-refractivity contribution in [3.05, 3.63) is 65.5 Å². The van der Waals surface area contributed by atoms with E-state index in [1.807, 2.05) is 49.4 Å². The molecule has 0 radical (unpaired) electrons. The Hall–Kier alpha value is -2.86. The topological polar surface area (TPSA) is 84.6 Å². The summed E-state index contributed by atoms with van der Waals surface area (Å²) in [7, 11) is 0. The Labute approximate surface area is 145 Å². The molecule has 6 heteroatoms. The second kappa shape index (κ2) is 7.36. The van der Waals surface area contributed by atoms with Crippen LogP contribution in [-0.2, 0) is 11.3 Å². The van der Waals surface area contributed by atoms with E-state index in [9.17, 15) is 9.90 Å². The summed E-state index contributed by atoms with van der Waals surface area (Å²) in [5.41, 5.74) is 3.21. The lowest BCUT2D eigenvalue weighted by Gasteiger charge is -2.17. The number of aromatic nitrogens is 1. The summed E-state index contributed by atoms with van der Waals surface area (Å²) in [6, 6.07) is 14.3. The average Bonchev–Trinajstić information content (AvgIpc) is 3.03. The molecule has 3 aromatic rings. The minimum atomic E-state index is -1.07. The molecule has 0 spiro atoms. The van der Waals surface area contributed by atoms with Gasteiger partial charge in [0.2, 0.25) is 5.89 Å². The zero-order valence-electron chi connectivity index (χ0n) is 14.1. The van der Waals surface area contributed by atoms with E-state index >= 15 is 0 Å². The van der Waals surface area contributed by atoms with Crippen LogP contribution in [0.5, 0.6) is 0 Å². The first kappa shape index (κ1) is 17.0. The fourth-order valence-electron chi connectivity index (χ4n) is 2.43. The molecule has 3 rings (SSSR count). The van der Waals surface area contributed by atoms with Gasteiger partial charge < -0.3 is 19.6 Å². The molecule has 6 nitrogen and oxygen atoms in total. The van der Waals surface area contributed by atoms with Gasteiger partial charge in [-0.2, -0.15) is 0 Å². The molecule has 2 N–H and O–H groups in total. The molecule has 0 fully saturated rings. The van der Waals surface area contributed by atoms with Crippen molar-refractivity contribution in [2.24, 2.45) is 0 Å². The van der Waals surface area contributed by atoms with Crippen molar-refractivity contribution < 1.29 is 19.1 Å². The molecule has 0 bridgehead atoms. The Morgan fingerprint density at radius 2 is 2.04 bits per heavy atom. The second-order valence-electron chi connectivity index (χ2n) is 5.96. The molecule has 1 unspecified atom stereocenters. The Kier molecular flexibility index (Phi) is 5.00. The molecule has 0 aliphatic carbocycles.